The smallest absolute Gasteiger partial charge is 0.308 e. The molecule has 0 unspecified atom stereocenters. The molecular weight excluding hydrogens is 316 g/mol. The van der Waals surface area contributed by atoms with E-state index in [4.69, 9.17) is 4.74 Å². The summed E-state index contributed by atoms with van der Waals surface area (Å²) >= 11 is 0. The molecule has 0 fully saturated rings. The van der Waals surface area contributed by atoms with E-state index in [2.05, 4.69) is 15.2 Å². The molecule has 0 saturated carbocycles. The molecule has 0 saturated heterocycles. The molecule has 6 nitrogen and oxygen atoms in total. The van der Waals surface area contributed by atoms with E-state index in [9.17, 15) is 4.79 Å². The summed E-state index contributed by atoms with van der Waals surface area (Å²) in [4.78, 5) is 16.0. The van der Waals surface area contributed by atoms with Crippen molar-refractivity contribution in [1.82, 2.24) is 19.7 Å². The van der Waals surface area contributed by atoms with Crippen LogP contribution >= 0.6 is 0 Å². The lowest BCUT2D eigenvalue weighted by Crippen LogP contribution is -2.08. The summed E-state index contributed by atoms with van der Waals surface area (Å²) in [6.45, 7) is 3.37. The zero-order valence-electron chi connectivity index (χ0n) is 14.2. The van der Waals surface area contributed by atoms with E-state index in [1.807, 2.05) is 47.9 Å². The average Bonchev–Trinajstić information content (AvgIpc) is 2.90. The molecule has 0 aliphatic carbocycles. The standard InChI is InChI=1S/C19H18N4O2/c1-12-6-3-8-15(20-12)19-22-21-18-11-4-7-14-16(23(18)19)9-5-10-17(14)25-13(2)24/h3,5-6,8-10H,4,7,11H2,1-2H3. The maximum Gasteiger partial charge on any atom is 0.308 e. The summed E-state index contributed by atoms with van der Waals surface area (Å²) in [7, 11) is 0. The Morgan fingerprint density at radius 1 is 1.12 bits per heavy atom. The first-order valence-corrected chi connectivity index (χ1v) is 8.32. The highest BCUT2D eigenvalue weighted by atomic mass is 16.5. The summed E-state index contributed by atoms with van der Waals surface area (Å²) < 4.78 is 7.45. The van der Waals surface area contributed by atoms with Crippen molar-refractivity contribution in [2.75, 3.05) is 0 Å². The van der Waals surface area contributed by atoms with Gasteiger partial charge in [-0.1, -0.05) is 12.1 Å². The van der Waals surface area contributed by atoms with Crippen LogP contribution in [0.1, 0.15) is 30.4 Å². The largest absolute Gasteiger partial charge is 0.426 e. The molecule has 0 N–H and O–H groups in total. The molecule has 3 aromatic rings. The molecule has 1 aliphatic heterocycles. The van der Waals surface area contributed by atoms with Crippen LogP contribution in [0.5, 0.6) is 5.75 Å². The fraction of sp³-hybridized carbons (Fsp3) is 0.263. The number of nitrogens with zero attached hydrogens (tertiary/aromatic N) is 4. The van der Waals surface area contributed by atoms with E-state index in [0.29, 0.717) is 11.6 Å². The van der Waals surface area contributed by atoms with Gasteiger partial charge in [-0.15, -0.1) is 10.2 Å². The van der Waals surface area contributed by atoms with E-state index in [1.165, 1.54) is 6.92 Å². The van der Waals surface area contributed by atoms with E-state index >= 15 is 0 Å². The first kappa shape index (κ1) is 15.5. The number of hydrogen-bond donors (Lipinski definition) is 0. The monoisotopic (exact) mass is 334 g/mol. The number of carbonyl (C=O) groups excluding carboxylic acids is 1. The van der Waals surface area contributed by atoms with Gasteiger partial charge in [0.1, 0.15) is 17.3 Å². The maximum absolute atomic E-state index is 11.4. The molecule has 2 aromatic heterocycles. The lowest BCUT2D eigenvalue weighted by atomic mass is 10.1. The second-order valence-corrected chi connectivity index (χ2v) is 6.14. The normalized spacial score (nSPS) is 12.9. The van der Waals surface area contributed by atoms with Crippen molar-refractivity contribution in [3.05, 3.63) is 53.5 Å². The lowest BCUT2D eigenvalue weighted by molar-refractivity contribution is -0.131. The molecular formula is C19H18N4O2. The first-order chi connectivity index (χ1) is 12.1. The number of hydrogen-bond acceptors (Lipinski definition) is 5. The summed E-state index contributed by atoms with van der Waals surface area (Å²) in [6.07, 6.45) is 2.56. The Morgan fingerprint density at radius 3 is 2.76 bits per heavy atom. The van der Waals surface area contributed by atoms with Crippen LogP contribution in [0.2, 0.25) is 0 Å². The van der Waals surface area contributed by atoms with Crippen LogP contribution in [0.15, 0.2) is 36.4 Å². The Hall–Kier alpha value is -3.02. The summed E-state index contributed by atoms with van der Waals surface area (Å²) in [5.41, 5.74) is 3.67. The highest BCUT2D eigenvalue weighted by Crippen LogP contribution is 2.33. The highest BCUT2D eigenvalue weighted by Gasteiger charge is 2.23. The molecule has 0 atom stereocenters. The summed E-state index contributed by atoms with van der Waals surface area (Å²) in [5.74, 6) is 1.90. The molecule has 1 aromatic carbocycles. The average molecular weight is 334 g/mol. The van der Waals surface area contributed by atoms with Crippen molar-refractivity contribution in [2.24, 2.45) is 0 Å². The Balaban J connectivity index is 1.93. The zero-order valence-corrected chi connectivity index (χ0v) is 14.2. The Morgan fingerprint density at radius 2 is 1.96 bits per heavy atom. The van der Waals surface area contributed by atoms with Crippen molar-refractivity contribution in [2.45, 2.75) is 33.1 Å². The van der Waals surface area contributed by atoms with Crippen LogP contribution in [0.3, 0.4) is 0 Å². The van der Waals surface area contributed by atoms with Crippen molar-refractivity contribution in [1.29, 1.82) is 0 Å². The third-order valence-corrected chi connectivity index (χ3v) is 4.28. The predicted octanol–water partition coefficient (Wildman–Crippen LogP) is 3.05. The van der Waals surface area contributed by atoms with Gasteiger partial charge in [-0.2, -0.15) is 0 Å². The summed E-state index contributed by atoms with van der Waals surface area (Å²) in [5, 5.41) is 8.76. The molecule has 3 heterocycles. The predicted molar refractivity (Wildman–Crippen MR) is 92.7 cm³/mol. The Kier molecular flexibility index (Phi) is 3.80. The van der Waals surface area contributed by atoms with Crippen LogP contribution in [0, 0.1) is 6.92 Å². The van der Waals surface area contributed by atoms with Crippen molar-refractivity contribution in [3.63, 3.8) is 0 Å². The van der Waals surface area contributed by atoms with Crippen LogP contribution in [-0.2, 0) is 17.6 Å². The maximum atomic E-state index is 11.4. The number of aromatic nitrogens is 4. The minimum absolute atomic E-state index is 0.317. The third-order valence-electron chi connectivity index (χ3n) is 4.28. The van der Waals surface area contributed by atoms with Gasteiger partial charge in [0.25, 0.3) is 0 Å². The number of ether oxygens (including phenoxy) is 1. The van der Waals surface area contributed by atoms with E-state index in [0.717, 1.165) is 47.7 Å². The minimum Gasteiger partial charge on any atom is -0.426 e. The van der Waals surface area contributed by atoms with Gasteiger partial charge in [-0.3, -0.25) is 9.36 Å². The van der Waals surface area contributed by atoms with Gasteiger partial charge in [0, 0.05) is 24.6 Å². The van der Waals surface area contributed by atoms with Crippen LogP contribution in [0.25, 0.3) is 17.2 Å². The number of esters is 1. The number of fused-ring (bicyclic) bond motifs is 3. The van der Waals surface area contributed by atoms with E-state index < -0.39 is 0 Å². The number of benzene rings is 1. The molecule has 0 amide bonds. The fourth-order valence-corrected chi connectivity index (χ4v) is 3.25. The topological polar surface area (TPSA) is 69.9 Å². The number of aryl methyl sites for hydroxylation is 2. The van der Waals surface area contributed by atoms with Gasteiger partial charge in [0.15, 0.2) is 5.82 Å². The van der Waals surface area contributed by atoms with Crippen molar-refractivity contribution < 1.29 is 9.53 Å². The number of pyridine rings is 1. The van der Waals surface area contributed by atoms with Gasteiger partial charge in [0.2, 0.25) is 0 Å². The van der Waals surface area contributed by atoms with E-state index in [1.54, 1.807) is 0 Å². The molecule has 126 valence electrons. The van der Waals surface area contributed by atoms with Gasteiger partial charge in [-0.25, -0.2) is 4.98 Å². The van der Waals surface area contributed by atoms with E-state index in [-0.39, 0.29) is 5.97 Å². The Labute approximate surface area is 145 Å². The molecule has 6 heteroatoms. The molecule has 25 heavy (non-hydrogen) atoms. The van der Waals surface area contributed by atoms with Gasteiger partial charge < -0.3 is 4.74 Å². The number of rotatable bonds is 2. The molecule has 1 aliphatic rings. The molecule has 0 radical (unpaired) electrons. The molecule has 0 bridgehead atoms. The third kappa shape index (κ3) is 2.80. The van der Waals surface area contributed by atoms with Crippen LogP contribution in [0.4, 0.5) is 0 Å². The molecule has 4 rings (SSSR count). The highest BCUT2D eigenvalue weighted by molar-refractivity contribution is 5.71. The van der Waals surface area contributed by atoms with Gasteiger partial charge in [-0.05, 0) is 44.0 Å². The minimum atomic E-state index is -0.317. The van der Waals surface area contributed by atoms with Crippen molar-refractivity contribution >= 4 is 5.97 Å². The second-order valence-electron chi connectivity index (χ2n) is 6.14. The van der Waals surface area contributed by atoms with Crippen LogP contribution in [-0.4, -0.2) is 25.7 Å². The fourth-order valence-electron chi connectivity index (χ4n) is 3.25. The number of carbonyl (C=O) groups is 1. The Bertz CT molecular complexity index is 962. The van der Waals surface area contributed by atoms with Gasteiger partial charge in [0.05, 0.1) is 5.69 Å². The van der Waals surface area contributed by atoms with Gasteiger partial charge >= 0.3 is 5.97 Å². The SMILES string of the molecule is CC(=O)Oc1cccc2c1CCCc1nnc(-c3cccc(C)n3)n1-2. The van der Waals surface area contributed by atoms with Crippen LogP contribution < -0.4 is 4.74 Å². The first-order valence-electron chi connectivity index (χ1n) is 8.32. The summed E-state index contributed by atoms with van der Waals surface area (Å²) in [6, 6.07) is 11.6. The lowest BCUT2D eigenvalue weighted by Gasteiger charge is -2.14. The zero-order chi connectivity index (χ0) is 17.4. The second kappa shape index (κ2) is 6.12. The quantitative estimate of drug-likeness (QED) is 0.532. The molecule has 0 spiro atoms. The van der Waals surface area contributed by atoms with Crippen molar-refractivity contribution in [3.8, 4) is 23.0 Å².